The third-order valence-corrected chi connectivity index (χ3v) is 3.89. The minimum Gasteiger partial charge on any atom is -0.348 e. The molecule has 1 aromatic heterocycles. The van der Waals surface area contributed by atoms with Gasteiger partial charge in [-0.25, -0.2) is 0 Å². The molecular weight excluding hydrogens is 272 g/mol. The van der Waals surface area contributed by atoms with Crippen molar-refractivity contribution in [1.29, 1.82) is 0 Å². The predicted octanol–water partition coefficient (Wildman–Crippen LogP) is 3.78. The highest BCUT2D eigenvalue weighted by atomic mass is 16.1. The van der Waals surface area contributed by atoms with Gasteiger partial charge in [-0.1, -0.05) is 24.3 Å². The van der Waals surface area contributed by atoms with E-state index in [1.165, 1.54) is 11.1 Å². The molecule has 3 aromatic rings. The first-order valence-corrected chi connectivity index (χ1v) is 7.32. The first-order chi connectivity index (χ1) is 10.6. The molecule has 22 heavy (non-hydrogen) atoms. The van der Waals surface area contributed by atoms with Crippen molar-refractivity contribution in [3.63, 3.8) is 0 Å². The van der Waals surface area contributed by atoms with Gasteiger partial charge in [0.15, 0.2) is 0 Å². The summed E-state index contributed by atoms with van der Waals surface area (Å²) in [6.07, 6.45) is 1.75. The fourth-order valence-corrected chi connectivity index (χ4v) is 2.41. The van der Waals surface area contributed by atoms with E-state index in [1.54, 1.807) is 6.20 Å². The number of carbonyl (C=O) groups excluding carboxylic acids is 1. The zero-order valence-electron chi connectivity index (χ0n) is 12.8. The van der Waals surface area contributed by atoms with E-state index in [2.05, 4.69) is 36.3 Å². The van der Waals surface area contributed by atoms with Crippen LogP contribution in [0, 0.1) is 13.8 Å². The molecule has 0 aliphatic carbocycles. The van der Waals surface area contributed by atoms with E-state index >= 15 is 0 Å². The number of rotatable bonds is 3. The van der Waals surface area contributed by atoms with Gasteiger partial charge in [-0.15, -0.1) is 0 Å². The Morgan fingerprint density at radius 1 is 1.05 bits per heavy atom. The molecule has 0 saturated carbocycles. The number of hydrogen-bond acceptors (Lipinski definition) is 2. The van der Waals surface area contributed by atoms with E-state index in [-0.39, 0.29) is 5.91 Å². The Kier molecular flexibility index (Phi) is 3.88. The molecule has 0 radical (unpaired) electrons. The van der Waals surface area contributed by atoms with Crippen LogP contribution >= 0.6 is 0 Å². The molecule has 0 atom stereocenters. The van der Waals surface area contributed by atoms with Crippen molar-refractivity contribution < 1.29 is 4.79 Å². The summed E-state index contributed by atoms with van der Waals surface area (Å²) in [4.78, 5) is 16.5. The first kappa shape index (κ1) is 14.3. The van der Waals surface area contributed by atoms with E-state index < -0.39 is 0 Å². The largest absolute Gasteiger partial charge is 0.348 e. The predicted molar refractivity (Wildman–Crippen MR) is 88.8 cm³/mol. The second kappa shape index (κ2) is 5.98. The molecule has 0 spiro atoms. The Balaban J connectivity index is 1.74. The highest BCUT2D eigenvalue weighted by molar-refractivity contribution is 5.97. The number of pyridine rings is 1. The van der Waals surface area contributed by atoms with E-state index in [0.29, 0.717) is 12.1 Å². The Labute approximate surface area is 130 Å². The molecule has 0 fully saturated rings. The monoisotopic (exact) mass is 290 g/mol. The van der Waals surface area contributed by atoms with Crippen molar-refractivity contribution in [2.75, 3.05) is 0 Å². The molecule has 0 unspecified atom stereocenters. The molecule has 1 amide bonds. The average molecular weight is 290 g/mol. The topological polar surface area (TPSA) is 42.0 Å². The molecule has 2 aromatic carbocycles. The Bertz CT molecular complexity index is 840. The minimum atomic E-state index is -0.0658. The van der Waals surface area contributed by atoms with Gasteiger partial charge in [0.05, 0.1) is 5.52 Å². The van der Waals surface area contributed by atoms with E-state index in [9.17, 15) is 4.79 Å². The summed E-state index contributed by atoms with van der Waals surface area (Å²) in [6, 6.07) is 15.6. The van der Waals surface area contributed by atoms with E-state index in [4.69, 9.17) is 0 Å². The van der Waals surface area contributed by atoms with Gasteiger partial charge in [-0.2, -0.15) is 0 Å². The summed E-state index contributed by atoms with van der Waals surface area (Å²) < 4.78 is 0. The standard InChI is InChI=1S/C19H18N2O/c1-13-5-6-15(10-14(13)2)12-21-19(22)17-7-8-18-16(11-17)4-3-9-20-18/h3-11H,12H2,1-2H3,(H,21,22). The SMILES string of the molecule is Cc1ccc(CNC(=O)c2ccc3ncccc3c2)cc1C. The summed E-state index contributed by atoms with van der Waals surface area (Å²) in [7, 11) is 0. The average Bonchev–Trinajstić information content (AvgIpc) is 2.55. The number of nitrogens with zero attached hydrogens (tertiary/aromatic N) is 1. The quantitative estimate of drug-likeness (QED) is 0.797. The molecule has 1 heterocycles. The van der Waals surface area contributed by atoms with Gasteiger partial charge in [-0.3, -0.25) is 9.78 Å². The molecule has 0 aliphatic heterocycles. The number of fused-ring (bicyclic) bond motifs is 1. The van der Waals surface area contributed by atoms with E-state index in [0.717, 1.165) is 16.5 Å². The second-order valence-corrected chi connectivity index (χ2v) is 5.51. The molecule has 3 nitrogen and oxygen atoms in total. The third-order valence-electron chi connectivity index (χ3n) is 3.89. The van der Waals surface area contributed by atoms with Crippen molar-refractivity contribution in [2.24, 2.45) is 0 Å². The minimum absolute atomic E-state index is 0.0658. The van der Waals surface area contributed by atoms with Crippen LogP contribution in [0.3, 0.4) is 0 Å². The number of aryl methyl sites for hydroxylation is 2. The van der Waals surface area contributed by atoms with Gasteiger partial charge in [0.25, 0.3) is 5.91 Å². The third kappa shape index (κ3) is 2.98. The lowest BCUT2D eigenvalue weighted by atomic mass is 10.1. The Morgan fingerprint density at radius 3 is 2.73 bits per heavy atom. The highest BCUT2D eigenvalue weighted by Crippen LogP contribution is 2.14. The molecule has 0 aliphatic rings. The van der Waals surface area contributed by atoms with Gasteiger partial charge >= 0.3 is 0 Å². The number of amides is 1. The number of carbonyl (C=O) groups is 1. The zero-order valence-corrected chi connectivity index (χ0v) is 12.8. The number of hydrogen-bond donors (Lipinski definition) is 1. The first-order valence-electron chi connectivity index (χ1n) is 7.32. The lowest BCUT2D eigenvalue weighted by molar-refractivity contribution is 0.0951. The summed E-state index contributed by atoms with van der Waals surface area (Å²) in [5.74, 6) is -0.0658. The summed E-state index contributed by atoms with van der Waals surface area (Å²) >= 11 is 0. The van der Waals surface area contributed by atoms with Crippen LogP contribution in [0.25, 0.3) is 10.9 Å². The molecular formula is C19H18N2O. The normalized spacial score (nSPS) is 10.6. The van der Waals surface area contributed by atoms with Gasteiger partial charge < -0.3 is 5.32 Å². The van der Waals surface area contributed by atoms with Gasteiger partial charge in [0.1, 0.15) is 0 Å². The maximum absolute atomic E-state index is 12.3. The zero-order chi connectivity index (χ0) is 15.5. The lowest BCUT2D eigenvalue weighted by Crippen LogP contribution is -2.22. The fraction of sp³-hybridized carbons (Fsp3) is 0.158. The number of nitrogens with one attached hydrogen (secondary N) is 1. The van der Waals surface area contributed by atoms with Crippen LogP contribution in [-0.2, 0) is 6.54 Å². The second-order valence-electron chi connectivity index (χ2n) is 5.51. The lowest BCUT2D eigenvalue weighted by Gasteiger charge is -2.08. The van der Waals surface area contributed by atoms with Crippen LogP contribution in [0.2, 0.25) is 0 Å². The Morgan fingerprint density at radius 2 is 1.91 bits per heavy atom. The van der Waals surface area contributed by atoms with E-state index in [1.807, 2.05) is 36.4 Å². The van der Waals surface area contributed by atoms with Crippen molar-refractivity contribution in [3.8, 4) is 0 Å². The van der Waals surface area contributed by atoms with Crippen molar-refractivity contribution in [1.82, 2.24) is 10.3 Å². The molecule has 3 heteroatoms. The molecule has 1 N–H and O–H groups in total. The van der Waals surface area contributed by atoms with Crippen LogP contribution < -0.4 is 5.32 Å². The van der Waals surface area contributed by atoms with Crippen LogP contribution in [0.15, 0.2) is 54.7 Å². The maximum atomic E-state index is 12.3. The van der Waals surface area contributed by atoms with Gasteiger partial charge in [0.2, 0.25) is 0 Å². The van der Waals surface area contributed by atoms with Crippen molar-refractivity contribution in [3.05, 3.63) is 77.0 Å². The summed E-state index contributed by atoms with van der Waals surface area (Å²) in [6.45, 7) is 4.70. The molecule has 0 saturated heterocycles. The van der Waals surface area contributed by atoms with Crippen LogP contribution in [0.4, 0.5) is 0 Å². The summed E-state index contributed by atoms with van der Waals surface area (Å²) in [5, 5.41) is 3.94. The number of benzene rings is 2. The molecule has 110 valence electrons. The van der Waals surface area contributed by atoms with Crippen molar-refractivity contribution in [2.45, 2.75) is 20.4 Å². The van der Waals surface area contributed by atoms with Gasteiger partial charge in [-0.05, 0) is 54.8 Å². The smallest absolute Gasteiger partial charge is 0.251 e. The Hall–Kier alpha value is -2.68. The maximum Gasteiger partial charge on any atom is 0.251 e. The van der Waals surface area contributed by atoms with Crippen LogP contribution in [-0.4, -0.2) is 10.9 Å². The fourth-order valence-electron chi connectivity index (χ4n) is 2.41. The molecule has 0 bridgehead atoms. The summed E-state index contributed by atoms with van der Waals surface area (Å²) in [5.41, 5.74) is 5.16. The highest BCUT2D eigenvalue weighted by Gasteiger charge is 2.06. The molecule has 3 rings (SSSR count). The van der Waals surface area contributed by atoms with Crippen LogP contribution in [0.5, 0.6) is 0 Å². The van der Waals surface area contributed by atoms with Crippen molar-refractivity contribution >= 4 is 16.8 Å². The van der Waals surface area contributed by atoms with Gasteiger partial charge in [0, 0.05) is 23.7 Å². The number of aromatic nitrogens is 1. The van der Waals surface area contributed by atoms with Crippen LogP contribution in [0.1, 0.15) is 27.0 Å².